The molecule has 0 aromatic heterocycles. The maximum absolute atomic E-state index is 12.0. The first kappa shape index (κ1) is 17.8. The summed E-state index contributed by atoms with van der Waals surface area (Å²) in [5.41, 5.74) is 0.710. The van der Waals surface area contributed by atoms with Gasteiger partial charge in [-0.3, -0.25) is 4.79 Å². The number of Topliss-reactive ketones (excluding diaryl/α,β-unsaturated/α-hetero) is 1. The number of unbranched alkanes of at least 4 members (excludes halogenated alkanes) is 6. The van der Waals surface area contributed by atoms with Crippen molar-refractivity contribution in [1.29, 1.82) is 0 Å². The van der Waals surface area contributed by atoms with E-state index in [4.69, 9.17) is 9.47 Å². The van der Waals surface area contributed by atoms with Crippen molar-refractivity contribution in [2.45, 2.75) is 70.8 Å². The highest BCUT2D eigenvalue weighted by molar-refractivity contribution is 5.79. The third-order valence-electron chi connectivity index (χ3n) is 4.26. The summed E-state index contributed by atoms with van der Waals surface area (Å²) in [5, 5.41) is 10.2. The highest BCUT2D eigenvalue weighted by Crippen LogP contribution is 2.34. The first-order chi connectivity index (χ1) is 11.2. The van der Waals surface area contributed by atoms with E-state index in [-0.39, 0.29) is 19.0 Å². The Morgan fingerprint density at radius 1 is 1.09 bits per heavy atom. The van der Waals surface area contributed by atoms with Crippen LogP contribution in [0.1, 0.15) is 76.4 Å². The van der Waals surface area contributed by atoms with E-state index in [1.165, 1.54) is 32.1 Å². The predicted molar refractivity (Wildman–Crippen MR) is 89.8 cm³/mol. The summed E-state index contributed by atoms with van der Waals surface area (Å²) < 4.78 is 10.5. The summed E-state index contributed by atoms with van der Waals surface area (Å²) in [6.45, 7) is 2.43. The smallest absolute Gasteiger partial charge is 0.231 e. The Hall–Kier alpha value is -1.55. The molecule has 1 aromatic carbocycles. The second-order valence-electron chi connectivity index (χ2n) is 6.24. The van der Waals surface area contributed by atoms with Crippen molar-refractivity contribution in [1.82, 2.24) is 0 Å². The largest absolute Gasteiger partial charge is 0.454 e. The number of rotatable bonds is 11. The normalized spacial score (nSPS) is 14.0. The van der Waals surface area contributed by atoms with Gasteiger partial charge in [-0.25, -0.2) is 0 Å². The lowest BCUT2D eigenvalue weighted by molar-refractivity contribution is -0.121. The Morgan fingerprint density at radius 3 is 2.57 bits per heavy atom. The highest BCUT2D eigenvalue weighted by Gasteiger charge is 2.18. The standard InChI is InChI=1S/C19H28O4/c1-2-3-4-5-6-7-8-9-16(20)13-17(21)15-10-11-18-19(12-15)23-14-22-18/h10-12,17,21H,2-9,13-14H2,1H3. The number of fused-ring (bicyclic) bond motifs is 1. The van der Waals surface area contributed by atoms with Gasteiger partial charge in [0.2, 0.25) is 6.79 Å². The van der Waals surface area contributed by atoms with Crippen LogP contribution in [-0.4, -0.2) is 17.7 Å². The zero-order valence-electron chi connectivity index (χ0n) is 14.1. The molecule has 1 aliphatic heterocycles. The molecule has 4 heteroatoms. The van der Waals surface area contributed by atoms with Gasteiger partial charge in [0, 0.05) is 12.8 Å². The molecule has 0 saturated carbocycles. The van der Waals surface area contributed by atoms with Crippen LogP contribution in [-0.2, 0) is 4.79 Å². The number of benzene rings is 1. The number of carbonyl (C=O) groups excluding carboxylic acids is 1. The van der Waals surface area contributed by atoms with Crippen LogP contribution in [0, 0.1) is 0 Å². The van der Waals surface area contributed by atoms with Crippen LogP contribution in [0.2, 0.25) is 0 Å². The Bertz CT molecular complexity index is 498. The zero-order valence-corrected chi connectivity index (χ0v) is 14.1. The minimum absolute atomic E-state index is 0.128. The quantitative estimate of drug-likeness (QED) is 0.608. The number of carbonyl (C=O) groups is 1. The molecule has 0 radical (unpaired) electrons. The molecule has 128 valence electrons. The van der Waals surface area contributed by atoms with Gasteiger partial charge in [-0.05, 0) is 24.1 Å². The summed E-state index contributed by atoms with van der Waals surface area (Å²) in [6.07, 6.45) is 8.35. The molecular formula is C19H28O4. The molecule has 0 aliphatic carbocycles. The van der Waals surface area contributed by atoms with E-state index in [0.717, 1.165) is 12.8 Å². The van der Waals surface area contributed by atoms with E-state index >= 15 is 0 Å². The molecule has 1 aliphatic rings. The molecule has 23 heavy (non-hydrogen) atoms. The van der Waals surface area contributed by atoms with E-state index in [9.17, 15) is 9.90 Å². The SMILES string of the molecule is CCCCCCCCCC(=O)CC(O)c1ccc2c(c1)OCO2. The summed E-state index contributed by atoms with van der Waals surface area (Å²) in [4.78, 5) is 12.0. The fourth-order valence-electron chi connectivity index (χ4n) is 2.84. The highest BCUT2D eigenvalue weighted by atomic mass is 16.7. The molecule has 1 N–H and O–H groups in total. The molecule has 2 rings (SSSR count). The number of aliphatic hydroxyl groups is 1. The van der Waals surface area contributed by atoms with Crippen molar-refractivity contribution in [2.75, 3.05) is 6.79 Å². The van der Waals surface area contributed by atoms with Crippen molar-refractivity contribution in [3.05, 3.63) is 23.8 Å². The van der Waals surface area contributed by atoms with Crippen LogP contribution >= 0.6 is 0 Å². The average molecular weight is 320 g/mol. The lowest BCUT2D eigenvalue weighted by Crippen LogP contribution is -2.06. The molecule has 1 heterocycles. The van der Waals surface area contributed by atoms with Crippen LogP contribution < -0.4 is 9.47 Å². The molecule has 1 atom stereocenters. The lowest BCUT2D eigenvalue weighted by Gasteiger charge is -2.11. The van der Waals surface area contributed by atoms with E-state index in [2.05, 4.69) is 6.92 Å². The van der Waals surface area contributed by atoms with Gasteiger partial charge in [0.15, 0.2) is 11.5 Å². The van der Waals surface area contributed by atoms with Gasteiger partial charge in [0.25, 0.3) is 0 Å². The minimum Gasteiger partial charge on any atom is -0.454 e. The average Bonchev–Trinajstić information content (AvgIpc) is 3.01. The second kappa shape index (κ2) is 9.56. The van der Waals surface area contributed by atoms with Crippen LogP contribution in [0.3, 0.4) is 0 Å². The van der Waals surface area contributed by atoms with Crippen LogP contribution in [0.5, 0.6) is 11.5 Å². The van der Waals surface area contributed by atoms with Crippen molar-refractivity contribution < 1.29 is 19.4 Å². The first-order valence-corrected chi connectivity index (χ1v) is 8.80. The molecule has 1 aromatic rings. The van der Waals surface area contributed by atoms with Gasteiger partial charge in [-0.15, -0.1) is 0 Å². The van der Waals surface area contributed by atoms with Crippen LogP contribution in [0.4, 0.5) is 0 Å². The number of ether oxygens (including phenoxy) is 2. The summed E-state index contributed by atoms with van der Waals surface area (Å²) >= 11 is 0. The monoisotopic (exact) mass is 320 g/mol. The molecule has 0 amide bonds. The third-order valence-corrected chi connectivity index (χ3v) is 4.26. The van der Waals surface area contributed by atoms with E-state index < -0.39 is 6.10 Å². The van der Waals surface area contributed by atoms with Gasteiger partial charge in [0.05, 0.1) is 6.10 Å². The van der Waals surface area contributed by atoms with Crippen LogP contribution in [0.25, 0.3) is 0 Å². The molecule has 4 nitrogen and oxygen atoms in total. The first-order valence-electron chi connectivity index (χ1n) is 8.80. The van der Waals surface area contributed by atoms with Crippen molar-refractivity contribution in [2.24, 2.45) is 0 Å². The van der Waals surface area contributed by atoms with Crippen molar-refractivity contribution in [3.8, 4) is 11.5 Å². The number of ketones is 1. The molecule has 0 bridgehead atoms. The predicted octanol–water partition coefficient (Wildman–Crippen LogP) is 4.55. The number of hydrogen-bond acceptors (Lipinski definition) is 4. The van der Waals surface area contributed by atoms with Gasteiger partial charge >= 0.3 is 0 Å². The molecule has 0 saturated heterocycles. The fraction of sp³-hybridized carbons (Fsp3) is 0.632. The lowest BCUT2D eigenvalue weighted by atomic mass is 10.00. The Labute approximate surface area is 138 Å². The maximum Gasteiger partial charge on any atom is 0.231 e. The zero-order chi connectivity index (χ0) is 16.5. The topological polar surface area (TPSA) is 55.8 Å². The third kappa shape index (κ3) is 5.87. The Morgan fingerprint density at radius 2 is 1.78 bits per heavy atom. The molecule has 0 spiro atoms. The van der Waals surface area contributed by atoms with Crippen molar-refractivity contribution in [3.63, 3.8) is 0 Å². The number of hydrogen-bond donors (Lipinski definition) is 1. The summed E-state index contributed by atoms with van der Waals surface area (Å²) in [6, 6.07) is 5.33. The van der Waals surface area contributed by atoms with Gasteiger partial charge in [-0.2, -0.15) is 0 Å². The second-order valence-corrected chi connectivity index (χ2v) is 6.24. The van der Waals surface area contributed by atoms with E-state index in [0.29, 0.717) is 23.5 Å². The van der Waals surface area contributed by atoms with Gasteiger partial charge < -0.3 is 14.6 Å². The van der Waals surface area contributed by atoms with E-state index in [1.807, 2.05) is 0 Å². The van der Waals surface area contributed by atoms with Crippen molar-refractivity contribution >= 4 is 5.78 Å². The molecule has 0 fully saturated rings. The maximum atomic E-state index is 12.0. The summed E-state index contributed by atoms with van der Waals surface area (Å²) in [7, 11) is 0. The number of aliphatic hydroxyl groups excluding tert-OH is 1. The Kier molecular flexibility index (Phi) is 7.40. The van der Waals surface area contributed by atoms with E-state index in [1.54, 1.807) is 18.2 Å². The fourth-order valence-corrected chi connectivity index (χ4v) is 2.84. The van der Waals surface area contributed by atoms with Gasteiger partial charge in [-0.1, -0.05) is 51.5 Å². The minimum atomic E-state index is -0.762. The molecule has 1 unspecified atom stereocenters. The van der Waals surface area contributed by atoms with Gasteiger partial charge in [0.1, 0.15) is 5.78 Å². The Balaban J connectivity index is 1.64. The van der Waals surface area contributed by atoms with Crippen LogP contribution in [0.15, 0.2) is 18.2 Å². The molecular weight excluding hydrogens is 292 g/mol. The summed E-state index contributed by atoms with van der Waals surface area (Å²) in [5.74, 6) is 1.46.